The maximum atomic E-state index is 13.6. The number of aromatic nitrogens is 5. The first kappa shape index (κ1) is 24.4. The number of piperidine rings is 1. The zero-order chi connectivity index (χ0) is 24.8. The highest BCUT2D eigenvalue weighted by molar-refractivity contribution is 5.96. The fourth-order valence-electron chi connectivity index (χ4n) is 4.46. The van der Waals surface area contributed by atoms with Gasteiger partial charge in [-0.25, -0.2) is 14.5 Å². The molecule has 0 bridgehead atoms. The van der Waals surface area contributed by atoms with E-state index >= 15 is 0 Å². The summed E-state index contributed by atoms with van der Waals surface area (Å²) in [6, 6.07) is 9.68. The summed E-state index contributed by atoms with van der Waals surface area (Å²) in [6.07, 6.45) is 6.52. The molecule has 0 spiro atoms. The van der Waals surface area contributed by atoms with E-state index in [0.29, 0.717) is 6.54 Å². The maximum absolute atomic E-state index is 13.6. The molecule has 35 heavy (non-hydrogen) atoms. The zero-order valence-corrected chi connectivity index (χ0v) is 20.0. The van der Waals surface area contributed by atoms with Crippen LogP contribution in [0.5, 0.6) is 0 Å². The number of nitrogens with zero attached hydrogens (tertiary/aromatic N) is 6. The number of aromatic amines is 1. The molecule has 0 atom stereocenters. The largest absolute Gasteiger partial charge is 0.383 e. The Bertz CT molecular complexity index is 1230. The minimum atomic E-state index is -0.658. The van der Waals surface area contributed by atoms with Crippen LogP contribution >= 0.6 is 0 Å². The van der Waals surface area contributed by atoms with Crippen LogP contribution in [0.3, 0.4) is 0 Å². The number of hydrogen-bond donors (Lipinski definition) is 2. The Kier molecular flexibility index (Phi) is 7.76. The third kappa shape index (κ3) is 5.68. The number of nitrogen functional groups attached to an aromatic ring is 1. The second kappa shape index (κ2) is 11.1. The molecule has 3 aromatic rings. The van der Waals surface area contributed by atoms with Crippen molar-refractivity contribution in [3.8, 4) is 0 Å². The van der Waals surface area contributed by atoms with E-state index in [2.05, 4.69) is 20.0 Å². The first-order valence-electron chi connectivity index (χ1n) is 12.0. The van der Waals surface area contributed by atoms with Crippen LogP contribution in [-0.2, 0) is 17.9 Å². The lowest BCUT2D eigenvalue weighted by atomic mass is 10.1. The Morgan fingerprint density at radius 3 is 2.60 bits per heavy atom. The standard InChI is InChI=1S/C24H32N8O3/c1-2-3-11-30-22(25)21(23(34)28-24(30)35)31(14-18-7-5-4-6-8-18)20(33)15-29-12-9-19(10-13-29)32-17-26-16-27-32/h4-8,16-17,19H,2-3,9-15,25H2,1H3,(H,28,34,35). The number of benzene rings is 1. The maximum Gasteiger partial charge on any atom is 0.330 e. The van der Waals surface area contributed by atoms with Gasteiger partial charge in [0.05, 0.1) is 19.1 Å². The van der Waals surface area contributed by atoms with Crippen LogP contribution in [0.25, 0.3) is 0 Å². The highest BCUT2D eigenvalue weighted by Crippen LogP contribution is 2.23. The van der Waals surface area contributed by atoms with E-state index in [4.69, 9.17) is 5.73 Å². The zero-order valence-electron chi connectivity index (χ0n) is 20.0. The fraction of sp³-hybridized carbons (Fsp3) is 0.458. The van der Waals surface area contributed by atoms with Gasteiger partial charge in [0, 0.05) is 19.6 Å². The van der Waals surface area contributed by atoms with Crippen molar-refractivity contribution < 1.29 is 4.79 Å². The Balaban J connectivity index is 1.58. The van der Waals surface area contributed by atoms with Crippen LogP contribution in [0.1, 0.15) is 44.2 Å². The number of carbonyl (C=O) groups excluding carboxylic acids is 1. The van der Waals surface area contributed by atoms with E-state index in [-0.39, 0.29) is 36.5 Å². The van der Waals surface area contributed by atoms with Gasteiger partial charge in [0.25, 0.3) is 5.56 Å². The molecule has 1 aromatic carbocycles. The topological polar surface area (TPSA) is 135 Å². The number of likely N-dealkylation sites (tertiary alicyclic amines) is 1. The predicted molar refractivity (Wildman–Crippen MR) is 133 cm³/mol. The second-order valence-corrected chi connectivity index (χ2v) is 8.85. The van der Waals surface area contributed by atoms with Crippen LogP contribution in [0.2, 0.25) is 0 Å². The molecule has 3 heterocycles. The molecular weight excluding hydrogens is 448 g/mol. The monoisotopic (exact) mass is 480 g/mol. The normalized spacial score (nSPS) is 14.8. The Morgan fingerprint density at radius 2 is 1.94 bits per heavy atom. The van der Waals surface area contributed by atoms with Gasteiger partial charge < -0.3 is 5.73 Å². The molecule has 11 nitrogen and oxygen atoms in total. The second-order valence-electron chi connectivity index (χ2n) is 8.85. The average molecular weight is 481 g/mol. The van der Waals surface area contributed by atoms with Gasteiger partial charge >= 0.3 is 5.69 Å². The van der Waals surface area contributed by atoms with Gasteiger partial charge in [-0.15, -0.1) is 0 Å². The number of anilines is 2. The van der Waals surface area contributed by atoms with Crippen molar-refractivity contribution in [3.05, 3.63) is 69.4 Å². The highest BCUT2D eigenvalue weighted by atomic mass is 16.2. The predicted octanol–water partition coefficient (Wildman–Crippen LogP) is 1.38. The van der Waals surface area contributed by atoms with Crippen LogP contribution in [0, 0.1) is 0 Å². The van der Waals surface area contributed by atoms with Crippen molar-refractivity contribution in [1.29, 1.82) is 0 Å². The van der Waals surface area contributed by atoms with E-state index in [9.17, 15) is 14.4 Å². The third-order valence-electron chi connectivity index (χ3n) is 6.43. The lowest BCUT2D eigenvalue weighted by Crippen LogP contribution is -2.46. The van der Waals surface area contributed by atoms with Crippen LogP contribution in [-0.4, -0.2) is 54.8 Å². The molecule has 4 rings (SSSR count). The molecular formula is C24H32N8O3. The van der Waals surface area contributed by atoms with Crippen LogP contribution < -0.4 is 21.9 Å². The minimum absolute atomic E-state index is 0.0152. The molecule has 11 heteroatoms. The molecule has 1 aliphatic heterocycles. The van der Waals surface area contributed by atoms with Crippen LogP contribution in [0.15, 0.2) is 52.6 Å². The number of unbranched alkanes of at least 4 members (excludes halogenated alkanes) is 1. The lowest BCUT2D eigenvalue weighted by molar-refractivity contribution is -0.120. The van der Waals surface area contributed by atoms with Gasteiger partial charge in [-0.3, -0.25) is 28.9 Å². The van der Waals surface area contributed by atoms with Crippen molar-refractivity contribution in [2.75, 3.05) is 30.3 Å². The van der Waals surface area contributed by atoms with Gasteiger partial charge in [-0.05, 0) is 24.8 Å². The van der Waals surface area contributed by atoms with E-state index in [1.807, 2.05) is 41.9 Å². The molecule has 1 aliphatic rings. The first-order chi connectivity index (χ1) is 17.0. The number of hydrogen-bond acceptors (Lipinski definition) is 7. The summed E-state index contributed by atoms with van der Waals surface area (Å²) in [5, 5.41) is 4.23. The summed E-state index contributed by atoms with van der Waals surface area (Å²) < 4.78 is 3.20. The molecule has 3 N–H and O–H groups in total. The number of H-pyrrole nitrogens is 1. The summed E-state index contributed by atoms with van der Waals surface area (Å²) >= 11 is 0. The Hall–Kier alpha value is -3.73. The smallest absolute Gasteiger partial charge is 0.330 e. The van der Waals surface area contributed by atoms with Gasteiger partial charge in [0.1, 0.15) is 18.5 Å². The van der Waals surface area contributed by atoms with Gasteiger partial charge in [0.2, 0.25) is 5.91 Å². The number of amides is 1. The highest BCUT2D eigenvalue weighted by Gasteiger charge is 2.28. The summed E-state index contributed by atoms with van der Waals surface area (Å²) in [7, 11) is 0. The molecule has 0 saturated carbocycles. The number of rotatable bonds is 9. The van der Waals surface area contributed by atoms with Gasteiger partial charge in [-0.1, -0.05) is 43.7 Å². The SMILES string of the molecule is CCCCn1c(N)c(N(Cc2ccccc2)C(=O)CN2CCC(n3cncn3)CC2)c(=O)[nH]c1=O. The number of nitrogens with two attached hydrogens (primary N) is 1. The number of carbonyl (C=O) groups is 1. The van der Waals surface area contributed by atoms with E-state index in [1.165, 1.54) is 15.8 Å². The van der Waals surface area contributed by atoms with E-state index in [1.54, 1.807) is 6.33 Å². The van der Waals surface area contributed by atoms with Crippen molar-refractivity contribution in [2.24, 2.45) is 0 Å². The fourth-order valence-corrected chi connectivity index (χ4v) is 4.46. The Labute approximate surface area is 203 Å². The van der Waals surface area contributed by atoms with Crippen molar-refractivity contribution in [3.63, 3.8) is 0 Å². The molecule has 1 fully saturated rings. The van der Waals surface area contributed by atoms with Crippen molar-refractivity contribution in [1.82, 2.24) is 29.2 Å². The lowest BCUT2D eigenvalue weighted by Gasteiger charge is -2.33. The van der Waals surface area contributed by atoms with Crippen molar-refractivity contribution in [2.45, 2.75) is 51.7 Å². The quantitative estimate of drug-likeness (QED) is 0.472. The molecule has 0 aliphatic carbocycles. The van der Waals surface area contributed by atoms with E-state index in [0.717, 1.165) is 44.3 Å². The first-order valence-corrected chi connectivity index (χ1v) is 12.0. The summed E-state index contributed by atoms with van der Waals surface area (Å²) in [4.78, 5) is 48.8. The molecule has 0 radical (unpaired) electrons. The Morgan fingerprint density at radius 1 is 1.20 bits per heavy atom. The molecule has 186 valence electrons. The molecule has 1 amide bonds. The summed E-state index contributed by atoms with van der Waals surface area (Å²) in [5.41, 5.74) is 6.00. The molecule has 2 aromatic heterocycles. The van der Waals surface area contributed by atoms with Gasteiger partial charge in [-0.2, -0.15) is 5.10 Å². The van der Waals surface area contributed by atoms with Crippen LogP contribution in [0.4, 0.5) is 11.5 Å². The average Bonchev–Trinajstić information content (AvgIpc) is 3.39. The summed E-state index contributed by atoms with van der Waals surface area (Å²) in [5.74, 6) is -0.229. The third-order valence-corrected chi connectivity index (χ3v) is 6.43. The number of nitrogens with one attached hydrogen (secondary N) is 1. The van der Waals surface area contributed by atoms with Gasteiger partial charge in [0.15, 0.2) is 5.69 Å². The summed E-state index contributed by atoms with van der Waals surface area (Å²) in [6.45, 7) is 4.13. The minimum Gasteiger partial charge on any atom is -0.383 e. The van der Waals surface area contributed by atoms with E-state index < -0.39 is 11.2 Å². The molecule has 1 saturated heterocycles. The molecule has 0 unspecified atom stereocenters. The van der Waals surface area contributed by atoms with Crippen molar-refractivity contribution >= 4 is 17.4 Å².